The van der Waals surface area contributed by atoms with Crippen molar-refractivity contribution < 1.29 is 27.9 Å². The summed E-state index contributed by atoms with van der Waals surface area (Å²) in [6, 6.07) is 2.04. The number of nitrogens with one attached hydrogen (secondary N) is 1. The molecule has 1 aliphatic heterocycles. The van der Waals surface area contributed by atoms with Crippen molar-refractivity contribution in [3.05, 3.63) is 17.5 Å². The van der Waals surface area contributed by atoms with Crippen molar-refractivity contribution in [1.82, 2.24) is 9.62 Å². The first-order valence-corrected chi connectivity index (χ1v) is 9.74. The van der Waals surface area contributed by atoms with E-state index >= 15 is 0 Å². The summed E-state index contributed by atoms with van der Waals surface area (Å²) in [6.07, 6.45) is 1.06. The first kappa shape index (κ1) is 18.8. The monoisotopic (exact) mass is 376 g/mol. The van der Waals surface area contributed by atoms with Crippen LogP contribution in [0, 0.1) is 5.92 Å². The van der Waals surface area contributed by atoms with E-state index in [0.29, 0.717) is 19.4 Å². The fourth-order valence-corrected chi connectivity index (χ4v) is 5.19. The van der Waals surface area contributed by atoms with Crippen LogP contribution in [0.15, 0.2) is 21.7 Å². The third kappa shape index (κ3) is 4.12. The number of thiophene rings is 1. The summed E-state index contributed by atoms with van der Waals surface area (Å²) in [7, 11) is -2.45. The van der Waals surface area contributed by atoms with Crippen molar-refractivity contribution in [2.45, 2.75) is 23.1 Å². The zero-order valence-corrected chi connectivity index (χ0v) is 14.8. The number of carbonyl (C=O) groups excluding carboxylic acids is 2. The summed E-state index contributed by atoms with van der Waals surface area (Å²) >= 11 is 1.13. The van der Waals surface area contributed by atoms with Gasteiger partial charge in [-0.05, 0) is 24.3 Å². The number of aliphatic hydroxyl groups is 1. The Bertz CT molecular complexity index is 673. The molecule has 0 aromatic carbocycles. The highest BCUT2D eigenvalue weighted by molar-refractivity contribution is 7.91. The van der Waals surface area contributed by atoms with Crippen LogP contribution in [0.4, 0.5) is 0 Å². The molecule has 8 nitrogen and oxygen atoms in total. The van der Waals surface area contributed by atoms with Gasteiger partial charge in [0.2, 0.25) is 5.91 Å². The molecule has 2 atom stereocenters. The van der Waals surface area contributed by atoms with Crippen LogP contribution < -0.4 is 5.32 Å². The second kappa shape index (κ2) is 8.06. The van der Waals surface area contributed by atoms with Gasteiger partial charge in [-0.2, -0.15) is 4.31 Å². The summed E-state index contributed by atoms with van der Waals surface area (Å²) < 4.78 is 31.1. The molecule has 1 aromatic heterocycles. The predicted octanol–water partition coefficient (Wildman–Crippen LogP) is -0.201. The largest absolute Gasteiger partial charge is 0.467 e. The maximum atomic E-state index is 12.5. The van der Waals surface area contributed by atoms with Crippen LogP contribution in [0.25, 0.3) is 0 Å². The van der Waals surface area contributed by atoms with Gasteiger partial charge < -0.3 is 15.2 Å². The fraction of sp³-hybridized carbons (Fsp3) is 0.571. The van der Waals surface area contributed by atoms with E-state index in [1.54, 1.807) is 11.4 Å². The molecule has 2 rings (SSSR count). The summed E-state index contributed by atoms with van der Waals surface area (Å²) in [5.74, 6) is -1.79. The van der Waals surface area contributed by atoms with Crippen LogP contribution in [0.2, 0.25) is 0 Å². The van der Waals surface area contributed by atoms with Gasteiger partial charge in [0, 0.05) is 13.1 Å². The highest BCUT2D eigenvalue weighted by Gasteiger charge is 2.35. The van der Waals surface area contributed by atoms with Crippen molar-refractivity contribution in [2.24, 2.45) is 5.92 Å². The van der Waals surface area contributed by atoms with Crippen LogP contribution in [-0.4, -0.2) is 62.6 Å². The molecule has 0 spiro atoms. The van der Waals surface area contributed by atoms with Gasteiger partial charge in [-0.25, -0.2) is 13.2 Å². The smallest absolute Gasteiger partial charge is 0.330 e. The molecule has 0 aliphatic carbocycles. The predicted molar refractivity (Wildman–Crippen MR) is 86.8 cm³/mol. The number of hydrogen-bond acceptors (Lipinski definition) is 7. The quantitative estimate of drug-likeness (QED) is 0.665. The summed E-state index contributed by atoms with van der Waals surface area (Å²) in [5, 5.41) is 13.3. The van der Waals surface area contributed by atoms with Crippen LogP contribution in [0.1, 0.15) is 12.8 Å². The van der Waals surface area contributed by atoms with Crippen LogP contribution >= 0.6 is 11.3 Å². The van der Waals surface area contributed by atoms with E-state index in [-0.39, 0.29) is 10.8 Å². The van der Waals surface area contributed by atoms with Crippen LogP contribution in [0.3, 0.4) is 0 Å². The lowest BCUT2D eigenvalue weighted by molar-refractivity contribution is -0.146. The molecule has 1 saturated heterocycles. The number of piperidine rings is 1. The van der Waals surface area contributed by atoms with Crippen LogP contribution in [0.5, 0.6) is 0 Å². The molecule has 0 radical (unpaired) electrons. The van der Waals surface area contributed by atoms with E-state index in [1.807, 2.05) is 0 Å². The Morgan fingerprint density at radius 2 is 2.29 bits per heavy atom. The maximum absolute atomic E-state index is 12.5. The second-order valence-corrected chi connectivity index (χ2v) is 8.51. The normalized spacial score (nSPS) is 20.3. The number of carbonyl (C=O) groups is 2. The SMILES string of the molecule is COC(=O)[C@H](CO)NC(=O)[C@H]1CCCN(S(=O)(=O)c2cccs2)C1. The standard InChI is InChI=1S/C14H20N2O6S2/c1-22-14(19)11(9-17)15-13(18)10-4-2-6-16(8-10)24(20,21)12-5-3-7-23-12/h3,5,7,10-11,17H,2,4,6,8-9H2,1H3,(H,15,18)/t10-,11-/m0/s1. The van der Waals surface area contributed by atoms with Gasteiger partial charge in [-0.1, -0.05) is 6.07 Å². The van der Waals surface area contributed by atoms with Gasteiger partial charge in [0.15, 0.2) is 6.04 Å². The Hall–Kier alpha value is -1.49. The minimum Gasteiger partial charge on any atom is -0.467 e. The third-order valence-corrected chi connectivity index (χ3v) is 7.07. The second-order valence-electron chi connectivity index (χ2n) is 5.40. The number of methoxy groups -OCH3 is 1. The van der Waals surface area contributed by atoms with E-state index in [2.05, 4.69) is 10.1 Å². The van der Waals surface area contributed by atoms with Gasteiger partial charge in [0.1, 0.15) is 4.21 Å². The van der Waals surface area contributed by atoms with Crippen molar-refractivity contribution in [1.29, 1.82) is 0 Å². The number of hydrogen-bond donors (Lipinski definition) is 2. The summed E-state index contributed by atoms with van der Waals surface area (Å²) in [5.41, 5.74) is 0. The van der Waals surface area contributed by atoms with E-state index in [0.717, 1.165) is 18.4 Å². The van der Waals surface area contributed by atoms with Crippen LogP contribution in [-0.2, 0) is 24.3 Å². The number of amides is 1. The number of sulfonamides is 1. The number of aliphatic hydroxyl groups excluding tert-OH is 1. The molecule has 24 heavy (non-hydrogen) atoms. The average molecular weight is 376 g/mol. The molecule has 2 N–H and O–H groups in total. The zero-order chi connectivity index (χ0) is 17.7. The van der Waals surface area contributed by atoms with E-state index < -0.39 is 40.5 Å². The summed E-state index contributed by atoms with van der Waals surface area (Å²) in [6.45, 7) is -0.182. The highest BCUT2D eigenvalue weighted by Crippen LogP contribution is 2.26. The Morgan fingerprint density at radius 3 is 2.88 bits per heavy atom. The molecule has 1 amide bonds. The Morgan fingerprint density at radius 1 is 1.54 bits per heavy atom. The van der Waals surface area contributed by atoms with E-state index in [4.69, 9.17) is 5.11 Å². The fourth-order valence-electron chi connectivity index (χ4n) is 2.52. The molecule has 1 fully saturated rings. The van der Waals surface area contributed by atoms with Crippen molar-refractivity contribution >= 4 is 33.2 Å². The molecule has 1 aliphatic rings. The zero-order valence-electron chi connectivity index (χ0n) is 13.2. The molecule has 134 valence electrons. The van der Waals surface area contributed by atoms with Gasteiger partial charge in [0.05, 0.1) is 19.6 Å². The minimum atomic E-state index is -3.61. The Labute approximate surface area is 144 Å². The number of ether oxygens (including phenoxy) is 1. The van der Waals surface area contributed by atoms with Crippen molar-refractivity contribution in [3.8, 4) is 0 Å². The van der Waals surface area contributed by atoms with E-state index in [1.165, 1.54) is 10.4 Å². The van der Waals surface area contributed by atoms with Gasteiger partial charge in [-0.3, -0.25) is 4.79 Å². The number of nitrogens with zero attached hydrogens (tertiary/aromatic N) is 1. The molecule has 0 saturated carbocycles. The molecule has 0 unspecified atom stereocenters. The first-order valence-electron chi connectivity index (χ1n) is 7.43. The number of rotatable bonds is 6. The molecule has 0 bridgehead atoms. The lowest BCUT2D eigenvalue weighted by Crippen LogP contribution is -2.50. The number of esters is 1. The van der Waals surface area contributed by atoms with Gasteiger partial charge >= 0.3 is 5.97 Å². The van der Waals surface area contributed by atoms with Gasteiger partial charge in [0.25, 0.3) is 10.0 Å². The molecule has 2 heterocycles. The van der Waals surface area contributed by atoms with Crippen molar-refractivity contribution in [3.63, 3.8) is 0 Å². The maximum Gasteiger partial charge on any atom is 0.330 e. The lowest BCUT2D eigenvalue weighted by Gasteiger charge is -2.31. The average Bonchev–Trinajstić information content (AvgIpc) is 3.14. The highest BCUT2D eigenvalue weighted by atomic mass is 32.2. The van der Waals surface area contributed by atoms with Crippen molar-refractivity contribution in [2.75, 3.05) is 26.8 Å². The van der Waals surface area contributed by atoms with E-state index in [9.17, 15) is 18.0 Å². The lowest BCUT2D eigenvalue weighted by atomic mass is 9.98. The molecular formula is C14H20N2O6S2. The Kier molecular flexibility index (Phi) is 6.33. The third-order valence-electron chi connectivity index (χ3n) is 3.83. The van der Waals surface area contributed by atoms with Gasteiger partial charge in [-0.15, -0.1) is 11.3 Å². The first-order chi connectivity index (χ1) is 11.4. The molecular weight excluding hydrogens is 356 g/mol. The topological polar surface area (TPSA) is 113 Å². The molecule has 10 heteroatoms. The summed E-state index contributed by atoms with van der Waals surface area (Å²) in [4.78, 5) is 23.7. The minimum absolute atomic E-state index is 0.0470. The Balaban J connectivity index is 2.05. The molecule has 1 aromatic rings.